The molecule has 1 aliphatic rings. The Labute approximate surface area is 107 Å². The standard InChI is InChI=1S/C14H30N2O/c1-4-13-8-5-6-9-14(13,12-15)16(2)10-7-11-17-3/h13H,4-12,15H2,1-3H3. The second-order valence-corrected chi connectivity index (χ2v) is 5.43. The largest absolute Gasteiger partial charge is 0.385 e. The molecule has 1 fully saturated rings. The van der Waals surface area contributed by atoms with Gasteiger partial charge in [0.15, 0.2) is 0 Å². The topological polar surface area (TPSA) is 38.5 Å². The first-order valence-electron chi connectivity index (χ1n) is 7.11. The van der Waals surface area contributed by atoms with Crippen molar-refractivity contribution in [3.05, 3.63) is 0 Å². The van der Waals surface area contributed by atoms with Crippen LogP contribution in [0, 0.1) is 5.92 Å². The Hall–Kier alpha value is -0.120. The van der Waals surface area contributed by atoms with Crippen molar-refractivity contribution in [2.45, 2.75) is 51.0 Å². The molecule has 3 nitrogen and oxygen atoms in total. The van der Waals surface area contributed by atoms with Crippen LogP contribution < -0.4 is 5.73 Å². The fourth-order valence-corrected chi connectivity index (χ4v) is 3.47. The number of nitrogens with two attached hydrogens (primary N) is 1. The smallest absolute Gasteiger partial charge is 0.0474 e. The van der Waals surface area contributed by atoms with Crippen LogP contribution in [0.4, 0.5) is 0 Å². The first-order chi connectivity index (χ1) is 8.21. The Kier molecular flexibility index (Phi) is 6.45. The molecule has 0 aromatic carbocycles. The highest BCUT2D eigenvalue weighted by molar-refractivity contribution is 4.98. The second kappa shape index (κ2) is 7.34. The summed E-state index contributed by atoms with van der Waals surface area (Å²) in [7, 11) is 4.02. The van der Waals surface area contributed by atoms with E-state index >= 15 is 0 Å². The van der Waals surface area contributed by atoms with Crippen LogP contribution in [0.25, 0.3) is 0 Å². The van der Waals surface area contributed by atoms with E-state index in [-0.39, 0.29) is 5.54 Å². The maximum Gasteiger partial charge on any atom is 0.0474 e. The molecular formula is C14H30N2O. The highest BCUT2D eigenvalue weighted by atomic mass is 16.5. The number of nitrogens with zero attached hydrogens (tertiary/aromatic N) is 1. The zero-order valence-electron chi connectivity index (χ0n) is 11.9. The molecule has 2 atom stereocenters. The van der Waals surface area contributed by atoms with Crippen molar-refractivity contribution < 1.29 is 4.74 Å². The van der Waals surface area contributed by atoms with Crippen LogP contribution >= 0.6 is 0 Å². The molecule has 0 spiro atoms. The van der Waals surface area contributed by atoms with Gasteiger partial charge in [0, 0.05) is 32.3 Å². The molecule has 0 aromatic heterocycles. The zero-order chi connectivity index (χ0) is 12.7. The van der Waals surface area contributed by atoms with Gasteiger partial charge in [0.1, 0.15) is 0 Å². The van der Waals surface area contributed by atoms with Crippen molar-refractivity contribution in [2.75, 3.05) is 33.9 Å². The van der Waals surface area contributed by atoms with Crippen LogP contribution in [0.3, 0.4) is 0 Å². The summed E-state index contributed by atoms with van der Waals surface area (Å²) < 4.78 is 5.14. The molecule has 0 bridgehead atoms. The number of hydrogen-bond acceptors (Lipinski definition) is 3. The SMILES string of the molecule is CCC1CCCCC1(CN)N(C)CCCOC. The average Bonchev–Trinajstić information content (AvgIpc) is 2.38. The maximum atomic E-state index is 6.14. The van der Waals surface area contributed by atoms with Crippen molar-refractivity contribution in [1.29, 1.82) is 0 Å². The van der Waals surface area contributed by atoms with Crippen molar-refractivity contribution in [1.82, 2.24) is 4.90 Å². The molecule has 0 aromatic rings. The molecule has 0 heterocycles. The van der Waals surface area contributed by atoms with Gasteiger partial charge in [-0.2, -0.15) is 0 Å². The van der Waals surface area contributed by atoms with E-state index in [4.69, 9.17) is 10.5 Å². The Balaban J connectivity index is 2.63. The monoisotopic (exact) mass is 242 g/mol. The lowest BCUT2D eigenvalue weighted by atomic mass is 9.70. The molecule has 3 heteroatoms. The lowest BCUT2D eigenvalue weighted by Crippen LogP contribution is -2.58. The number of ether oxygens (including phenoxy) is 1. The summed E-state index contributed by atoms with van der Waals surface area (Å²) in [4.78, 5) is 2.51. The number of methoxy groups -OCH3 is 1. The quantitative estimate of drug-likeness (QED) is 0.696. The van der Waals surface area contributed by atoms with Crippen molar-refractivity contribution in [2.24, 2.45) is 11.7 Å². The van der Waals surface area contributed by atoms with Crippen LogP contribution in [0.5, 0.6) is 0 Å². The van der Waals surface area contributed by atoms with Crippen LogP contribution in [0.2, 0.25) is 0 Å². The Morgan fingerprint density at radius 1 is 1.41 bits per heavy atom. The number of rotatable bonds is 7. The van der Waals surface area contributed by atoms with E-state index in [1.807, 2.05) is 0 Å². The van der Waals surface area contributed by atoms with Gasteiger partial charge in [0.05, 0.1) is 0 Å². The zero-order valence-corrected chi connectivity index (χ0v) is 11.9. The lowest BCUT2D eigenvalue weighted by Gasteiger charge is -2.49. The van der Waals surface area contributed by atoms with Gasteiger partial charge in [-0.3, -0.25) is 4.90 Å². The normalized spacial score (nSPS) is 29.8. The molecule has 102 valence electrons. The fourth-order valence-electron chi connectivity index (χ4n) is 3.47. The average molecular weight is 242 g/mol. The predicted octanol–water partition coefficient (Wildman–Crippen LogP) is 2.25. The Morgan fingerprint density at radius 3 is 2.76 bits per heavy atom. The van der Waals surface area contributed by atoms with E-state index in [1.165, 1.54) is 32.1 Å². The van der Waals surface area contributed by atoms with Gasteiger partial charge >= 0.3 is 0 Å². The van der Waals surface area contributed by atoms with E-state index in [0.29, 0.717) is 0 Å². The van der Waals surface area contributed by atoms with Gasteiger partial charge in [0.25, 0.3) is 0 Å². The highest BCUT2D eigenvalue weighted by Gasteiger charge is 2.41. The molecule has 0 aliphatic heterocycles. The molecule has 0 radical (unpaired) electrons. The number of likely N-dealkylation sites (N-methyl/N-ethyl adjacent to an activating group) is 1. The Bertz CT molecular complexity index is 210. The molecule has 1 rings (SSSR count). The molecule has 1 aliphatic carbocycles. The third kappa shape index (κ3) is 3.43. The summed E-state index contributed by atoms with van der Waals surface area (Å²) in [6.07, 6.45) is 7.69. The molecule has 0 saturated heterocycles. The van der Waals surface area contributed by atoms with Gasteiger partial charge in [-0.25, -0.2) is 0 Å². The van der Waals surface area contributed by atoms with Crippen molar-refractivity contribution >= 4 is 0 Å². The Morgan fingerprint density at radius 2 is 2.18 bits per heavy atom. The third-order valence-electron chi connectivity index (χ3n) is 4.62. The number of hydrogen-bond donors (Lipinski definition) is 1. The van der Waals surface area contributed by atoms with Crippen molar-refractivity contribution in [3.63, 3.8) is 0 Å². The first kappa shape index (κ1) is 14.9. The molecule has 17 heavy (non-hydrogen) atoms. The van der Waals surface area contributed by atoms with Crippen LogP contribution in [0.1, 0.15) is 45.4 Å². The van der Waals surface area contributed by atoms with Crippen LogP contribution in [-0.2, 0) is 4.74 Å². The van der Waals surface area contributed by atoms with E-state index < -0.39 is 0 Å². The van der Waals surface area contributed by atoms with Crippen molar-refractivity contribution in [3.8, 4) is 0 Å². The summed E-state index contributed by atoms with van der Waals surface area (Å²) in [6.45, 7) is 5.06. The van der Waals surface area contributed by atoms with Gasteiger partial charge in [-0.05, 0) is 32.2 Å². The van der Waals surface area contributed by atoms with E-state index in [9.17, 15) is 0 Å². The summed E-state index contributed by atoms with van der Waals surface area (Å²) in [5, 5.41) is 0. The molecular weight excluding hydrogens is 212 g/mol. The summed E-state index contributed by atoms with van der Waals surface area (Å²) >= 11 is 0. The van der Waals surface area contributed by atoms with Crippen LogP contribution in [-0.4, -0.2) is 44.3 Å². The summed E-state index contributed by atoms with van der Waals surface area (Å²) in [5.74, 6) is 0.772. The van der Waals surface area contributed by atoms with Gasteiger partial charge in [-0.15, -0.1) is 0 Å². The van der Waals surface area contributed by atoms with E-state index in [2.05, 4.69) is 18.9 Å². The third-order valence-corrected chi connectivity index (χ3v) is 4.62. The van der Waals surface area contributed by atoms with Gasteiger partial charge in [-0.1, -0.05) is 26.2 Å². The molecule has 0 amide bonds. The minimum atomic E-state index is 0.251. The summed E-state index contributed by atoms with van der Waals surface area (Å²) in [6, 6.07) is 0. The van der Waals surface area contributed by atoms with Crippen LogP contribution in [0.15, 0.2) is 0 Å². The fraction of sp³-hybridized carbons (Fsp3) is 1.00. The summed E-state index contributed by atoms with van der Waals surface area (Å²) in [5.41, 5.74) is 6.39. The van der Waals surface area contributed by atoms with Gasteiger partial charge < -0.3 is 10.5 Å². The second-order valence-electron chi connectivity index (χ2n) is 5.43. The lowest BCUT2D eigenvalue weighted by molar-refractivity contribution is 0.0184. The van der Waals surface area contributed by atoms with E-state index in [1.54, 1.807) is 7.11 Å². The maximum absolute atomic E-state index is 6.14. The minimum absolute atomic E-state index is 0.251. The molecule has 2 unspecified atom stereocenters. The van der Waals surface area contributed by atoms with Gasteiger partial charge in [0.2, 0.25) is 0 Å². The predicted molar refractivity (Wildman–Crippen MR) is 73.2 cm³/mol. The highest BCUT2D eigenvalue weighted by Crippen LogP contribution is 2.39. The molecule has 2 N–H and O–H groups in total. The minimum Gasteiger partial charge on any atom is -0.385 e. The first-order valence-corrected chi connectivity index (χ1v) is 7.11. The van der Waals surface area contributed by atoms with E-state index in [0.717, 1.165) is 32.0 Å². The molecule has 1 saturated carbocycles.